The van der Waals surface area contributed by atoms with Gasteiger partial charge in [-0.1, -0.05) is 6.07 Å². The lowest BCUT2D eigenvalue weighted by Crippen LogP contribution is -2.28. The van der Waals surface area contributed by atoms with Crippen LogP contribution in [-0.2, 0) is 16.4 Å². The van der Waals surface area contributed by atoms with E-state index in [0.717, 1.165) is 17.0 Å². The summed E-state index contributed by atoms with van der Waals surface area (Å²) >= 11 is 0.983. The summed E-state index contributed by atoms with van der Waals surface area (Å²) in [5, 5.41) is 8.75. The van der Waals surface area contributed by atoms with Crippen molar-refractivity contribution in [3.63, 3.8) is 0 Å². The predicted molar refractivity (Wildman–Crippen MR) is 76.8 cm³/mol. The lowest BCUT2D eigenvalue weighted by molar-refractivity contribution is 0.472. The summed E-state index contributed by atoms with van der Waals surface area (Å²) in [6.45, 7) is 0.346. The van der Waals surface area contributed by atoms with E-state index < -0.39 is 10.0 Å². The topological polar surface area (TPSA) is 74.1 Å². The van der Waals surface area contributed by atoms with Gasteiger partial charge < -0.3 is 0 Å². The molecule has 0 saturated carbocycles. The molecule has 0 aliphatic carbocycles. The Labute approximate surface area is 122 Å². The minimum Gasteiger partial charge on any atom is -0.261 e. The van der Waals surface area contributed by atoms with Gasteiger partial charge in [0.05, 0.1) is 0 Å². The molecule has 0 fully saturated rings. The number of sulfonamides is 1. The molecule has 0 unspecified atom stereocenters. The van der Waals surface area contributed by atoms with Crippen LogP contribution in [0.25, 0.3) is 0 Å². The standard InChI is InChI=1S/C13H13N3O2S2/c1-16(9-7-11-4-2-3-8-15-11)20(17,18)13-6-5-12(10-14)19-13/h2-6,8H,7,9H2,1H3. The zero-order valence-corrected chi connectivity index (χ0v) is 12.5. The van der Waals surface area contributed by atoms with Gasteiger partial charge in [-0.05, 0) is 24.3 Å². The third-order valence-corrected chi connectivity index (χ3v) is 6.08. The third-order valence-electron chi connectivity index (χ3n) is 2.77. The van der Waals surface area contributed by atoms with E-state index in [-0.39, 0.29) is 4.21 Å². The van der Waals surface area contributed by atoms with E-state index in [1.807, 2.05) is 24.3 Å². The van der Waals surface area contributed by atoms with Crippen molar-refractivity contribution in [3.05, 3.63) is 47.1 Å². The molecule has 2 rings (SSSR count). The van der Waals surface area contributed by atoms with Crippen LogP contribution in [0.15, 0.2) is 40.7 Å². The number of nitrogens with zero attached hydrogens (tertiary/aromatic N) is 3. The first kappa shape index (κ1) is 14.7. The molecule has 2 aromatic rings. The molecule has 2 heterocycles. The van der Waals surface area contributed by atoms with Crippen molar-refractivity contribution in [1.29, 1.82) is 5.26 Å². The van der Waals surface area contributed by atoms with Gasteiger partial charge in [0.25, 0.3) is 10.0 Å². The first-order chi connectivity index (χ1) is 9.54. The molecule has 0 amide bonds. The molecule has 0 saturated heterocycles. The Morgan fingerprint density at radius 3 is 2.75 bits per heavy atom. The maximum Gasteiger partial charge on any atom is 0.252 e. The Kier molecular flexibility index (Phi) is 4.49. The zero-order valence-electron chi connectivity index (χ0n) is 10.9. The Balaban J connectivity index is 2.08. The molecule has 5 nitrogen and oxygen atoms in total. The zero-order chi connectivity index (χ0) is 14.6. The number of thiophene rings is 1. The molecule has 0 radical (unpaired) electrons. The average molecular weight is 307 g/mol. The molecule has 0 N–H and O–H groups in total. The van der Waals surface area contributed by atoms with Crippen molar-refractivity contribution in [3.8, 4) is 6.07 Å². The van der Waals surface area contributed by atoms with Gasteiger partial charge >= 0.3 is 0 Å². The fourth-order valence-corrected chi connectivity index (χ4v) is 4.10. The maximum atomic E-state index is 12.3. The molecule has 2 aromatic heterocycles. The van der Waals surface area contributed by atoms with Gasteiger partial charge in [-0.3, -0.25) is 4.98 Å². The van der Waals surface area contributed by atoms with E-state index >= 15 is 0 Å². The molecule has 0 spiro atoms. The van der Waals surface area contributed by atoms with Crippen LogP contribution in [0.3, 0.4) is 0 Å². The molecule has 104 valence electrons. The van der Waals surface area contributed by atoms with E-state index in [1.165, 1.54) is 23.5 Å². The van der Waals surface area contributed by atoms with Gasteiger partial charge in [0.15, 0.2) is 0 Å². The minimum atomic E-state index is -3.53. The van der Waals surface area contributed by atoms with Crippen molar-refractivity contribution in [2.75, 3.05) is 13.6 Å². The van der Waals surface area contributed by atoms with Crippen molar-refractivity contribution < 1.29 is 8.42 Å². The summed E-state index contributed by atoms with van der Waals surface area (Å²) in [6.07, 6.45) is 2.23. The summed E-state index contributed by atoms with van der Waals surface area (Å²) in [5.41, 5.74) is 0.846. The van der Waals surface area contributed by atoms with Crippen LogP contribution in [-0.4, -0.2) is 31.3 Å². The minimum absolute atomic E-state index is 0.192. The summed E-state index contributed by atoms with van der Waals surface area (Å²) in [7, 11) is -1.99. The third kappa shape index (κ3) is 3.22. The fraction of sp³-hybridized carbons (Fsp3) is 0.231. The number of hydrogen-bond donors (Lipinski definition) is 0. The molecule has 0 aromatic carbocycles. The van der Waals surface area contributed by atoms with E-state index in [9.17, 15) is 8.42 Å². The highest BCUT2D eigenvalue weighted by Gasteiger charge is 2.22. The van der Waals surface area contributed by atoms with Crippen LogP contribution in [0, 0.1) is 11.3 Å². The van der Waals surface area contributed by atoms with Crippen molar-refractivity contribution >= 4 is 21.4 Å². The molecular formula is C13H13N3O2S2. The summed E-state index contributed by atoms with van der Waals surface area (Å²) < 4.78 is 26.1. The number of likely N-dealkylation sites (N-methyl/N-ethyl adjacent to an activating group) is 1. The SMILES string of the molecule is CN(CCc1ccccn1)S(=O)(=O)c1ccc(C#N)s1. The first-order valence-electron chi connectivity index (χ1n) is 5.90. The number of pyridine rings is 1. The number of aromatic nitrogens is 1. The van der Waals surface area contributed by atoms with Gasteiger partial charge in [0.2, 0.25) is 0 Å². The molecule has 7 heteroatoms. The van der Waals surface area contributed by atoms with Crippen molar-refractivity contribution in [2.45, 2.75) is 10.6 Å². The molecule has 20 heavy (non-hydrogen) atoms. The fourth-order valence-electron chi connectivity index (χ4n) is 1.61. The lowest BCUT2D eigenvalue weighted by Gasteiger charge is -2.15. The molecule has 0 aliphatic rings. The number of nitriles is 1. The second-order valence-corrected chi connectivity index (χ2v) is 7.48. The van der Waals surface area contributed by atoms with Crippen LogP contribution < -0.4 is 0 Å². The predicted octanol–water partition coefficient (Wildman–Crippen LogP) is 1.88. The molecule has 0 aliphatic heterocycles. The van der Waals surface area contributed by atoms with E-state index in [2.05, 4.69) is 4.98 Å². The first-order valence-corrected chi connectivity index (χ1v) is 8.16. The number of hydrogen-bond acceptors (Lipinski definition) is 5. The average Bonchev–Trinajstić information content (AvgIpc) is 2.95. The van der Waals surface area contributed by atoms with Crippen LogP contribution in [0.2, 0.25) is 0 Å². The lowest BCUT2D eigenvalue weighted by atomic mass is 10.3. The van der Waals surface area contributed by atoms with Crippen LogP contribution in [0.1, 0.15) is 10.6 Å². The summed E-state index contributed by atoms with van der Waals surface area (Å²) in [5.74, 6) is 0. The second-order valence-electron chi connectivity index (χ2n) is 4.13. The highest BCUT2D eigenvalue weighted by atomic mass is 32.2. The van der Waals surface area contributed by atoms with Gasteiger partial charge in [-0.2, -0.15) is 9.57 Å². The van der Waals surface area contributed by atoms with Gasteiger partial charge in [0, 0.05) is 31.9 Å². The van der Waals surface area contributed by atoms with Gasteiger partial charge in [-0.15, -0.1) is 11.3 Å². The molecule has 0 atom stereocenters. The summed E-state index contributed by atoms with van der Waals surface area (Å²) in [6, 6.07) is 10.5. The number of rotatable bonds is 5. The van der Waals surface area contributed by atoms with Crippen molar-refractivity contribution in [2.24, 2.45) is 0 Å². The Hall–Kier alpha value is -1.75. The second kappa shape index (κ2) is 6.13. The highest BCUT2D eigenvalue weighted by molar-refractivity contribution is 7.91. The Bertz CT molecular complexity index is 718. The molecular weight excluding hydrogens is 294 g/mol. The van der Waals surface area contributed by atoms with Crippen LogP contribution in [0.4, 0.5) is 0 Å². The molecule has 0 bridgehead atoms. The maximum absolute atomic E-state index is 12.3. The Morgan fingerprint density at radius 2 is 2.15 bits per heavy atom. The summed E-state index contributed by atoms with van der Waals surface area (Å²) in [4.78, 5) is 4.55. The van der Waals surface area contributed by atoms with Crippen LogP contribution in [0.5, 0.6) is 0 Å². The quantitative estimate of drug-likeness (QED) is 0.845. The van der Waals surface area contributed by atoms with E-state index in [0.29, 0.717) is 17.8 Å². The smallest absolute Gasteiger partial charge is 0.252 e. The Morgan fingerprint density at radius 1 is 1.35 bits per heavy atom. The monoisotopic (exact) mass is 307 g/mol. The van der Waals surface area contributed by atoms with Crippen molar-refractivity contribution in [1.82, 2.24) is 9.29 Å². The van der Waals surface area contributed by atoms with E-state index in [4.69, 9.17) is 5.26 Å². The normalized spacial score (nSPS) is 11.4. The highest BCUT2D eigenvalue weighted by Crippen LogP contribution is 2.23. The van der Waals surface area contributed by atoms with Gasteiger partial charge in [0.1, 0.15) is 15.2 Å². The largest absolute Gasteiger partial charge is 0.261 e. The van der Waals surface area contributed by atoms with Gasteiger partial charge in [-0.25, -0.2) is 8.42 Å². The van der Waals surface area contributed by atoms with Crippen LogP contribution >= 0.6 is 11.3 Å². The van der Waals surface area contributed by atoms with E-state index in [1.54, 1.807) is 6.20 Å².